The largest absolute Gasteiger partial charge is 0.493 e. The molecule has 0 aliphatic rings. The molecule has 0 fully saturated rings. The topological polar surface area (TPSA) is 93.7 Å². The van der Waals surface area contributed by atoms with Gasteiger partial charge in [0.05, 0.1) is 17.7 Å². The van der Waals surface area contributed by atoms with Crippen LogP contribution in [0.15, 0.2) is 71.6 Å². The van der Waals surface area contributed by atoms with Crippen LogP contribution >= 0.6 is 0 Å². The molecule has 2 N–H and O–H groups in total. The number of amides is 1. The van der Waals surface area contributed by atoms with Crippen LogP contribution in [0.2, 0.25) is 0 Å². The highest BCUT2D eigenvalue weighted by Gasteiger charge is 2.17. The number of ether oxygens (including phenoxy) is 2. The maximum atomic E-state index is 13.7. The minimum atomic E-state index is -4.05. The fraction of sp³-hybridized carbons (Fsp3) is 0.174. The lowest BCUT2D eigenvalue weighted by atomic mass is 10.1. The second-order valence-electron chi connectivity index (χ2n) is 6.98. The standard InChI is InChI=1S/C23H21F3N2O5S/c1-32-20-11-6-15(14-21(20)33-23(25)26)12-13-27-22(29)16-7-9-17(10-8-16)34(30,31)28-19-5-3-2-4-18(19)24/h2-11,14,23,28H,12-13H2,1H3,(H,27,29). The van der Waals surface area contributed by atoms with Gasteiger partial charge < -0.3 is 14.8 Å². The predicted octanol–water partition coefficient (Wildman–Crippen LogP) is 4.21. The number of carbonyl (C=O) groups excluding carboxylic acids is 1. The number of hydrogen-bond acceptors (Lipinski definition) is 5. The van der Waals surface area contributed by atoms with Gasteiger partial charge >= 0.3 is 6.61 Å². The quantitative estimate of drug-likeness (QED) is 0.441. The van der Waals surface area contributed by atoms with E-state index in [1.165, 1.54) is 61.7 Å². The molecule has 0 saturated carbocycles. The normalized spacial score (nSPS) is 11.2. The highest BCUT2D eigenvalue weighted by atomic mass is 32.2. The molecular formula is C23H21F3N2O5S. The van der Waals surface area contributed by atoms with Gasteiger partial charge in [-0.25, -0.2) is 12.8 Å². The van der Waals surface area contributed by atoms with Gasteiger partial charge in [0.15, 0.2) is 11.5 Å². The molecule has 0 unspecified atom stereocenters. The van der Waals surface area contributed by atoms with Gasteiger partial charge in [-0.3, -0.25) is 9.52 Å². The smallest absolute Gasteiger partial charge is 0.387 e. The van der Waals surface area contributed by atoms with Crippen molar-refractivity contribution >= 4 is 21.6 Å². The Labute approximate surface area is 194 Å². The van der Waals surface area contributed by atoms with E-state index in [1.807, 2.05) is 0 Å². The molecule has 3 aromatic rings. The fourth-order valence-corrected chi connectivity index (χ4v) is 4.09. The summed E-state index contributed by atoms with van der Waals surface area (Å²) in [5.74, 6) is -1.12. The first-order chi connectivity index (χ1) is 16.2. The van der Waals surface area contributed by atoms with Crippen molar-refractivity contribution in [2.45, 2.75) is 17.9 Å². The van der Waals surface area contributed by atoms with Crippen LogP contribution in [0.3, 0.4) is 0 Å². The molecule has 7 nitrogen and oxygen atoms in total. The average molecular weight is 494 g/mol. The summed E-state index contributed by atoms with van der Waals surface area (Å²) in [6.07, 6.45) is 0.328. The van der Waals surface area contributed by atoms with Crippen LogP contribution in [0.25, 0.3) is 0 Å². The third kappa shape index (κ3) is 6.41. The molecule has 34 heavy (non-hydrogen) atoms. The third-order valence-corrected chi connectivity index (χ3v) is 6.07. The van der Waals surface area contributed by atoms with Crippen molar-refractivity contribution in [2.75, 3.05) is 18.4 Å². The number of rotatable bonds is 10. The molecule has 0 atom stereocenters. The number of methoxy groups -OCH3 is 1. The molecule has 0 aliphatic heterocycles. The monoisotopic (exact) mass is 494 g/mol. The molecule has 11 heteroatoms. The number of carbonyl (C=O) groups is 1. The Hall–Kier alpha value is -3.73. The summed E-state index contributed by atoms with van der Waals surface area (Å²) in [6.45, 7) is -2.81. The first kappa shape index (κ1) is 24.9. The van der Waals surface area contributed by atoms with Gasteiger partial charge in [-0.1, -0.05) is 18.2 Å². The third-order valence-electron chi connectivity index (χ3n) is 4.69. The summed E-state index contributed by atoms with van der Waals surface area (Å²) < 4.78 is 75.3. The maximum Gasteiger partial charge on any atom is 0.387 e. The summed E-state index contributed by atoms with van der Waals surface area (Å²) in [5.41, 5.74) is 0.656. The van der Waals surface area contributed by atoms with Crippen LogP contribution in [-0.4, -0.2) is 34.6 Å². The van der Waals surface area contributed by atoms with Gasteiger partial charge in [0.25, 0.3) is 15.9 Å². The Kier molecular flexibility index (Phi) is 8.00. The van der Waals surface area contributed by atoms with Gasteiger partial charge in [0.2, 0.25) is 0 Å². The fourth-order valence-electron chi connectivity index (χ4n) is 3.02. The van der Waals surface area contributed by atoms with E-state index < -0.39 is 28.4 Å². The van der Waals surface area contributed by atoms with Crippen molar-refractivity contribution in [1.29, 1.82) is 0 Å². The summed E-state index contributed by atoms with van der Waals surface area (Å²) in [6, 6.07) is 15.0. The number of benzene rings is 3. The molecule has 0 radical (unpaired) electrons. The molecule has 0 heterocycles. The second kappa shape index (κ2) is 10.9. The van der Waals surface area contributed by atoms with Crippen molar-refractivity contribution in [3.8, 4) is 11.5 Å². The summed E-state index contributed by atoms with van der Waals surface area (Å²) in [7, 11) is -2.71. The molecule has 0 saturated heterocycles. The van der Waals surface area contributed by atoms with Crippen molar-refractivity contribution in [1.82, 2.24) is 5.32 Å². The minimum Gasteiger partial charge on any atom is -0.493 e. The molecular weight excluding hydrogens is 473 g/mol. The van der Waals surface area contributed by atoms with Crippen molar-refractivity contribution in [2.24, 2.45) is 0 Å². The van der Waals surface area contributed by atoms with Crippen molar-refractivity contribution < 1.29 is 35.9 Å². The number of para-hydroxylation sites is 1. The van der Waals surface area contributed by atoms with Crippen LogP contribution in [0.4, 0.5) is 18.9 Å². The molecule has 3 aromatic carbocycles. The second-order valence-corrected chi connectivity index (χ2v) is 8.66. The van der Waals surface area contributed by atoms with E-state index >= 15 is 0 Å². The van der Waals surface area contributed by atoms with E-state index in [4.69, 9.17) is 4.74 Å². The highest BCUT2D eigenvalue weighted by Crippen LogP contribution is 2.29. The van der Waals surface area contributed by atoms with Gasteiger partial charge in [0.1, 0.15) is 5.82 Å². The Morgan fingerprint density at radius 1 is 1.00 bits per heavy atom. The van der Waals surface area contributed by atoms with Crippen LogP contribution in [0.1, 0.15) is 15.9 Å². The van der Waals surface area contributed by atoms with Gasteiger partial charge in [-0.05, 0) is 60.5 Å². The first-order valence-electron chi connectivity index (χ1n) is 9.97. The zero-order chi connectivity index (χ0) is 24.7. The Bertz CT molecular complexity index is 1250. The van der Waals surface area contributed by atoms with E-state index in [1.54, 1.807) is 6.07 Å². The molecule has 0 spiro atoms. The molecule has 0 aromatic heterocycles. The summed E-state index contributed by atoms with van der Waals surface area (Å²) in [5, 5.41) is 2.67. The molecule has 0 aliphatic carbocycles. The van der Waals surface area contributed by atoms with Crippen LogP contribution in [-0.2, 0) is 16.4 Å². The Morgan fingerprint density at radius 2 is 1.71 bits per heavy atom. The Morgan fingerprint density at radius 3 is 2.35 bits per heavy atom. The van der Waals surface area contributed by atoms with Crippen LogP contribution in [0, 0.1) is 5.82 Å². The zero-order valence-electron chi connectivity index (χ0n) is 17.9. The van der Waals surface area contributed by atoms with E-state index in [2.05, 4.69) is 14.8 Å². The van der Waals surface area contributed by atoms with E-state index in [-0.39, 0.29) is 34.2 Å². The van der Waals surface area contributed by atoms with Crippen molar-refractivity contribution in [3.05, 3.63) is 83.7 Å². The first-order valence-corrected chi connectivity index (χ1v) is 11.5. The van der Waals surface area contributed by atoms with E-state index in [0.29, 0.717) is 12.0 Å². The predicted molar refractivity (Wildman–Crippen MR) is 119 cm³/mol. The van der Waals surface area contributed by atoms with Crippen molar-refractivity contribution in [3.63, 3.8) is 0 Å². The maximum absolute atomic E-state index is 13.7. The number of anilines is 1. The lowest BCUT2D eigenvalue weighted by molar-refractivity contribution is -0.0512. The number of halogens is 3. The SMILES string of the molecule is COc1ccc(CCNC(=O)c2ccc(S(=O)(=O)Nc3ccccc3F)cc2)cc1OC(F)F. The average Bonchev–Trinajstić information content (AvgIpc) is 2.80. The zero-order valence-corrected chi connectivity index (χ0v) is 18.7. The van der Waals surface area contributed by atoms with Gasteiger partial charge in [0, 0.05) is 12.1 Å². The lowest BCUT2D eigenvalue weighted by Gasteiger charge is -2.12. The summed E-state index contributed by atoms with van der Waals surface area (Å²) >= 11 is 0. The van der Waals surface area contributed by atoms with Gasteiger partial charge in [-0.15, -0.1) is 0 Å². The van der Waals surface area contributed by atoms with E-state index in [9.17, 15) is 26.4 Å². The molecule has 0 bridgehead atoms. The molecule has 1 amide bonds. The van der Waals surface area contributed by atoms with Crippen LogP contribution in [0.5, 0.6) is 11.5 Å². The number of alkyl halides is 2. The number of sulfonamides is 1. The van der Waals surface area contributed by atoms with Gasteiger partial charge in [-0.2, -0.15) is 8.78 Å². The summed E-state index contributed by atoms with van der Waals surface area (Å²) in [4.78, 5) is 12.2. The molecule has 3 rings (SSSR count). The van der Waals surface area contributed by atoms with Crippen LogP contribution < -0.4 is 19.5 Å². The lowest BCUT2D eigenvalue weighted by Crippen LogP contribution is -2.25. The highest BCUT2D eigenvalue weighted by molar-refractivity contribution is 7.92. The number of nitrogens with one attached hydrogen (secondary N) is 2. The number of hydrogen-bond donors (Lipinski definition) is 2. The Balaban J connectivity index is 1.59. The minimum absolute atomic E-state index is 0.109. The van der Waals surface area contributed by atoms with E-state index in [0.717, 1.165) is 6.07 Å². The molecule has 180 valence electrons.